The molecule has 0 fully saturated rings. The van der Waals surface area contributed by atoms with Gasteiger partial charge in [-0.15, -0.1) is 16.4 Å². The Labute approximate surface area is 171 Å². The van der Waals surface area contributed by atoms with Crippen LogP contribution in [0.1, 0.15) is 45.6 Å². The highest BCUT2D eigenvalue weighted by Crippen LogP contribution is 2.36. The molecule has 1 atom stereocenters. The zero-order chi connectivity index (χ0) is 19.8. The second kappa shape index (κ2) is 7.46. The smallest absolute Gasteiger partial charge is 0.290 e. The Bertz CT molecular complexity index is 1090. The van der Waals surface area contributed by atoms with Gasteiger partial charge in [0, 0.05) is 35.2 Å². The van der Waals surface area contributed by atoms with Crippen molar-refractivity contribution in [2.24, 2.45) is 4.99 Å². The minimum atomic E-state index is -0.721. The Morgan fingerprint density at radius 2 is 2.14 bits per heavy atom. The predicted octanol–water partition coefficient (Wildman–Crippen LogP) is 3.40. The molecule has 0 bridgehead atoms. The molecule has 3 heterocycles. The average molecular weight is 416 g/mol. The number of halogens is 1. The summed E-state index contributed by atoms with van der Waals surface area (Å²) in [6, 6.07) is 9.65. The fraction of sp³-hybridized carbons (Fsp3) is 0.263. The number of rotatable bonds is 4. The lowest BCUT2D eigenvalue weighted by atomic mass is 10.0. The molecule has 0 saturated heterocycles. The van der Waals surface area contributed by atoms with Crippen LogP contribution in [0.2, 0.25) is 5.02 Å². The lowest BCUT2D eigenvalue weighted by Gasteiger charge is -2.10. The molecular weight excluding hydrogens is 398 g/mol. The predicted molar refractivity (Wildman–Crippen MR) is 109 cm³/mol. The number of carbonyl (C=O) groups excluding carboxylic acids is 1. The van der Waals surface area contributed by atoms with E-state index in [0.29, 0.717) is 10.8 Å². The SMILES string of the molecule is CCc1cc2c(s1)-n1nc(C(=O)NC)nc1C(OC)N=C2c1ccccc1Cl. The van der Waals surface area contributed by atoms with Crippen LogP contribution in [0, 0.1) is 0 Å². The molecule has 0 radical (unpaired) electrons. The molecule has 1 aliphatic heterocycles. The van der Waals surface area contributed by atoms with Crippen molar-refractivity contribution >= 4 is 34.6 Å². The van der Waals surface area contributed by atoms with Crippen LogP contribution in [0.4, 0.5) is 0 Å². The molecule has 9 heteroatoms. The van der Waals surface area contributed by atoms with Gasteiger partial charge in [-0.05, 0) is 18.6 Å². The van der Waals surface area contributed by atoms with E-state index in [1.54, 1.807) is 30.2 Å². The van der Waals surface area contributed by atoms with Crippen LogP contribution in [-0.4, -0.2) is 40.5 Å². The van der Waals surface area contributed by atoms with E-state index in [2.05, 4.69) is 28.4 Å². The summed E-state index contributed by atoms with van der Waals surface area (Å²) in [5.74, 6) is 0.168. The van der Waals surface area contributed by atoms with Crippen molar-refractivity contribution in [3.8, 4) is 5.00 Å². The molecule has 4 rings (SSSR count). The number of carbonyl (C=O) groups is 1. The van der Waals surface area contributed by atoms with Crippen LogP contribution >= 0.6 is 22.9 Å². The number of fused-ring (bicyclic) bond motifs is 3. The van der Waals surface area contributed by atoms with Crippen molar-refractivity contribution in [2.75, 3.05) is 14.2 Å². The molecule has 1 aromatic carbocycles. The third-order valence-corrected chi connectivity index (χ3v) is 6.03. The van der Waals surface area contributed by atoms with Gasteiger partial charge in [-0.3, -0.25) is 4.79 Å². The van der Waals surface area contributed by atoms with Crippen LogP contribution in [0.25, 0.3) is 5.00 Å². The van der Waals surface area contributed by atoms with Crippen molar-refractivity contribution in [2.45, 2.75) is 19.6 Å². The van der Waals surface area contributed by atoms with E-state index >= 15 is 0 Å². The van der Waals surface area contributed by atoms with Gasteiger partial charge in [0.15, 0.2) is 5.82 Å². The summed E-state index contributed by atoms with van der Waals surface area (Å²) in [7, 11) is 3.09. The van der Waals surface area contributed by atoms with Crippen LogP contribution < -0.4 is 5.32 Å². The van der Waals surface area contributed by atoms with Gasteiger partial charge >= 0.3 is 0 Å². The van der Waals surface area contributed by atoms with E-state index in [4.69, 9.17) is 21.3 Å². The number of amides is 1. The first-order chi connectivity index (χ1) is 13.6. The van der Waals surface area contributed by atoms with Gasteiger partial charge in [-0.25, -0.2) is 14.7 Å². The summed E-state index contributed by atoms with van der Waals surface area (Å²) in [4.78, 5) is 22.5. The fourth-order valence-electron chi connectivity index (χ4n) is 3.04. The topological polar surface area (TPSA) is 81.4 Å². The van der Waals surface area contributed by atoms with Gasteiger partial charge in [0.05, 0.1) is 5.71 Å². The van der Waals surface area contributed by atoms with Crippen LogP contribution in [0.5, 0.6) is 0 Å². The summed E-state index contributed by atoms with van der Waals surface area (Å²) in [6.45, 7) is 2.09. The van der Waals surface area contributed by atoms with Gasteiger partial charge in [-0.2, -0.15) is 0 Å². The molecule has 144 valence electrons. The number of thiophene rings is 1. The summed E-state index contributed by atoms with van der Waals surface area (Å²) in [5.41, 5.74) is 2.42. The minimum absolute atomic E-state index is 0.0772. The number of hydrogen-bond acceptors (Lipinski definition) is 6. The van der Waals surface area contributed by atoms with Crippen molar-refractivity contribution in [3.63, 3.8) is 0 Å². The standard InChI is InChI=1S/C19H18ClN5O2S/c1-4-10-9-12-14(11-7-5-6-8-13(11)20)22-18(27-3)16-23-15(17(26)21-2)24-25(16)19(12)28-10/h5-9,18H,4H2,1-3H3,(H,21,26). The van der Waals surface area contributed by atoms with Crippen molar-refractivity contribution in [1.82, 2.24) is 20.1 Å². The van der Waals surface area contributed by atoms with Gasteiger partial charge in [0.25, 0.3) is 5.91 Å². The minimum Gasteiger partial charge on any atom is -0.353 e. The zero-order valence-electron chi connectivity index (χ0n) is 15.6. The molecule has 7 nitrogen and oxygen atoms in total. The summed E-state index contributed by atoms with van der Waals surface area (Å²) >= 11 is 8.06. The molecule has 3 aromatic rings. The van der Waals surface area contributed by atoms with E-state index in [0.717, 1.165) is 28.3 Å². The fourth-order valence-corrected chi connectivity index (χ4v) is 4.33. The quantitative estimate of drug-likeness (QED) is 0.708. The first kappa shape index (κ1) is 18.8. The monoisotopic (exact) mass is 415 g/mol. The maximum absolute atomic E-state index is 12.1. The highest BCUT2D eigenvalue weighted by atomic mass is 35.5. The van der Waals surface area contributed by atoms with Crippen molar-refractivity contribution < 1.29 is 9.53 Å². The van der Waals surface area contributed by atoms with Crippen LogP contribution in [-0.2, 0) is 11.2 Å². The lowest BCUT2D eigenvalue weighted by molar-refractivity contribution is 0.0950. The Morgan fingerprint density at radius 3 is 2.82 bits per heavy atom. The molecule has 0 saturated carbocycles. The van der Waals surface area contributed by atoms with Gasteiger partial charge in [0.1, 0.15) is 5.00 Å². The number of aromatic nitrogens is 3. The van der Waals surface area contributed by atoms with Crippen molar-refractivity contribution in [3.05, 3.63) is 63.0 Å². The number of nitrogens with zero attached hydrogens (tertiary/aromatic N) is 4. The summed E-state index contributed by atoms with van der Waals surface area (Å²) < 4.78 is 7.25. The Hall–Kier alpha value is -2.55. The number of hydrogen-bond donors (Lipinski definition) is 1. The van der Waals surface area contributed by atoms with E-state index < -0.39 is 6.23 Å². The normalized spacial score (nSPS) is 15.4. The molecule has 0 spiro atoms. The van der Waals surface area contributed by atoms with Gasteiger partial charge < -0.3 is 10.1 Å². The molecule has 1 unspecified atom stereocenters. The Kier molecular flexibility index (Phi) is 5.01. The molecule has 2 aromatic heterocycles. The van der Waals surface area contributed by atoms with E-state index in [9.17, 15) is 4.79 Å². The maximum Gasteiger partial charge on any atom is 0.290 e. The summed E-state index contributed by atoms with van der Waals surface area (Å²) in [5, 5.41) is 8.43. The largest absolute Gasteiger partial charge is 0.353 e. The number of aliphatic imine (C=N–C) groups is 1. The molecule has 28 heavy (non-hydrogen) atoms. The molecule has 0 aliphatic carbocycles. The van der Waals surface area contributed by atoms with E-state index in [-0.39, 0.29) is 11.7 Å². The highest BCUT2D eigenvalue weighted by Gasteiger charge is 2.31. The Morgan fingerprint density at radius 1 is 1.36 bits per heavy atom. The number of aryl methyl sites for hydroxylation is 1. The first-order valence-electron chi connectivity index (χ1n) is 8.75. The second-order valence-corrected chi connectivity index (χ2v) is 7.64. The first-order valence-corrected chi connectivity index (χ1v) is 9.94. The van der Waals surface area contributed by atoms with Crippen LogP contribution in [0.3, 0.4) is 0 Å². The third kappa shape index (κ3) is 3.03. The zero-order valence-corrected chi connectivity index (χ0v) is 17.1. The maximum atomic E-state index is 12.1. The second-order valence-electron chi connectivity index (χ2n) is 6.12. The van der Waals surface area contributed by atoms with E-state index in [1.807, 2.05) is 24.3 Å². The summed E-state index contributed by atoms with van der Waals surface area (Å²) in [6.07, 6.45) is 0.148. The molecule has 1 N–H and O–H groups in total. The van der Waals surface area contributed by atoms with Crippen LogP contribution in [0.15, 0.2) is 35.3 Å². The number of methoxy groups -OCH3 is 1. The van der Waals surface area contributed by atoms with Gasteiger partial charge in [-0.1, -0.05) is 36.7 Å². The Balaban J connectivity index is 1.99. The van der Waals surface area contributed by atoms with Gasteiger partial charge in [0.2, 0.25) is 12.1 Å². The highest BCUT2D eigenvalue weighted by molar-refractivity contribution is 7.15. The number of nitrogens with one attached hydrogen (secondary N) is 1. The van der Waals surface area contributed by atoms with E-state index in [1.165, 1.54) is 4.88 Å². The number of ether oxygens (including phenoxy) is 1. The average Bonchev–Trinajstić information content (AvgIpc) is 3.31. The molecular formula is C19H18ClN5O2S. The number of benzene rings is 1. The molecule has 1 aliphatic rings. The van der Waals surface area contributed by atoms with Crippen molar-refractivity contribution in [1.29, 1.82) is 0 Å². The molecule has 1 amide bonds. The third-order valence-electron chi connectivity index (χ3n) is 4.44. The lowest BCUT2D eigenvalue weighted by Crippen LogP contribution is -2.19.